The molecule has 0 spiro atoms. The van der Waals surface area contributed by atoms with Gasteiger partial charge in [-0.25, -0.2) is 0 Å². The van der Waals surface area contributed by atoms with Crippen molar-refractivity contribution in [1.29, 1.82) is 0 Å². The molecule has 0 unspecified atom stereocenters. The van der Waals surface area contributed by atoms with Gasteiger partial charge in [0, 0.05) is 25.3 Å². The Hall–Kier alpha value is -1.79. The van der Waals surface area contributed by atoms with Crippen LogP contribution in [0.4, 0.5) is 0 Å². The molecule has 2 aromatic heterocycles. The molecule has 3 rings (SSSR count). The fourth-order valence-electron chi connectivity index (χ4n) is 2.12. The minimum atomic E-state index is 0.267. The summed E-state index contributed by atoms with van der Waals surface area (Å²) in [6.45, 7) is 2.54. The maximum Gasteiger partial charge on any atom is 0.241 e. The first kappa shape index (κ1) is 11.3. The summed E-state index contributed by atoms with van der Waals surface area (Å²) >= 11 is 0. The second-order valence-corrected chi connectivity index (χ2v) is 4.51. The quantitative estimate of drug-likeness (QED) is 0.855. The molecular formula is C12H15N5O. The third kappa shape index (κ3) is 2.39. The highest BCUT2D eigenvalue weighted by atomic mass is 16.5. The predicted molar refractivity (Wildman–Crippen MR) is 65.4 cm³/mol. The van der Waals surface area contributed by atoms with Gasteiger partial charge in [0.1, 0.15) is 5.69 Å². The van der Waals surface area contributed by atoms with Gasteiger partial charge in [-0.2, -0.15) is 4.98 Å². The maximum absolute atomic E-state index is 5.86. The van der Waals surface area contributed by atoms with Gasteiger partial charge in [-0.3, -0.25) is 9.88 Å². The highest BCUT2D eigenvalue weighted by Gasteiger charge is 2.21. The average molecular weight is 245 g/mol. The van der Waals surface area contributed by atoms with Crippen molar-refractivity contribution in [2.45, 2.75) is 19.0 Å². The van der Waals surface area contributed by atoms with Crippen molar-refractivity contribution in [3.8, 4) is 11.5 Å². The summed E-state index contributed by atoms with van der Waals surface area (Å²) in [5.74, 6) is 1.15. The summed E-state index contributed by atoms with van der Waals surface area (Å²) in [5.41, 5.74) is 6.58. The fraction of sp³-hybridized carbons (Fsp3) is 0.417. The van der Waals surface area contributed by atoms with Crippen LogP contribution in [0.3, 0.4) is 0 Å². The predicted octanol–water partition coefficient (Wildman–Crippen LogP) is 0.665. The van der Waals surface area contributed by atoms with E-state index in [0.29, 0.717) is 18.3 Å². The molecule has 0 saturated carbocycles. The second kappa shape index (κ2) is 4.83. The van der Waals surface area contributed by atoms with E-state index in [-0.39, 0.29) is 6.04 Å². The smallest absolute Gasteiger partial charge is 0.241 e. The summed E-state index contributed by atoms with van der Waals surface area (Å²) in [4.78, 5) is 10.8. The van der Waals surface area contributed by atoms with E-state index in [1.165, 1.54) is 0 Å². The zero-order valence-corrected chi connectivity index (χ0v) is 9.99. The number of hydrogen-bond donors (Lipinski definition) is 1. The Morgan fingerprint density at radius 3 is 3.11 bits per heavy atom. The van der Waals surface area contributed by atoms with Crippen molar-refractivity contribution >= 4 is 0 Å². The molecule has 6 nitrogen and oxygen atoms in total. The van der Waals surface area contributed by atoms with E-state index in [1.54, 1.807) is 6.20 Å². The summed E-state index contributed by atoms with van der Waals surface area (Å²) in [5, 5.41) is 3.94. The van der Waals surface area contributed by atoms with Crippen LogP contribution in [-0.4, -0.2) is 39.2 Å². The van der Waals surface area contributed by atoms with Gasteiger partial charge in [-0.05, 0) is 18.6 Å². The van der Waals surface area contributed by atoms with E-state index >= 15 is 0 Å². The number of likely N-dealkylation sites (tertiary alicyclic amines) is 1. The molecule has 0 aliphatic carbocycles. The van der Waals surface area contributed by atoms with Crippen LogP contribution in [-0.2, 0) is 6.54 Å². The summed E-state index contributed by atoms with van der Waals surface area (Å²) in [7, 11) is 0. The van der Waals surface area contributed by atoms with Crippen molar-refractivity contribution in [3.63, 3.8) is 0 Å². The van der Waals surface area contributed by atoms with Gasteiger partial charge in [-0.1, -0.05) is 11.2 Å². The molecule has 1 aliphatic rings. The second-order valence-electron chi connectivity index (χ2n) is 4.51. The van der Waals surface area contributed by atoms with Crippen molar-refractivity contribution < 1.29 is 4.52 Å². The SMILES string of the molecule is N[C@H]1CCN(Cc2nc(-c3ccccn3)no2)C1. The van der Waals surface area contributed by atoms with E-state index in [4.69, 9.17) is 10.3 Å². The molecule has 94 valence electrons. The first-order chi connectivity index (χ1) is 8.81. The normalized spacial score (nSPS) is 20.4. The zero-order chi connectivity index (χ0) is 12.4. The van der Waals surface area contributed by atoms with Crippen molar-refractivity contribution in [2.24, 2.45) is 5.73 Å². The van der Waals surface area contributed by atoms with Gasteiger partial charge in [0.15, 0.2) is 0 Å². The molecule has 1 fully saturated rings. The van der Waals surface area contributed by atoms with Crippen LogP contribution in [0.5, 0.6) is 0 Å². The maximum atomic E-state index is 5.86. The molecule has 2 aromatic rings. The van der Waals surface area contributed by atoms with Crippen LogP contribution >= 0.6 is 0 Å². The molecule has 0 radical (unpaired) electrons. The Balaban J connectivity index is 1.70. The Labute approximate surface area is 105 Å². The van der Waals surface area contributed by atoms with E-state index in [9.17, 15) is 0 Å². The number of hydrogen-bond acceptors (Lipinski definition) is 6. The topological polar surface area (TPSA) is 81.1 Å². The van der Waals surface area contributed by atoms with Crippen LogP contribution in [0.2, 0.25) is 0 Å². The van der Waals surface area contributed by atoms with Gasteiger partial charge >= 0.3 is 0 Å². The number of aromatic nitrogens is 3. The number of rotatable bonds is 3. The summed E-state index contributed by atoms with van der Waals surface area (Å²) in [6.07, 6.45) is 2.74. The van der Waals surface area contributed by atoms with E-state index in [2.05, 4.69) is 20.0 Å². The van der Waals surface area contributed by atoms with Crippen molar-refractivity contribution in [1.82, 2.24) is 20.0 Å². The molecule has 3 heterocycles. The molecule has 0 aromatic carbocycles. The lowest BCUT2D eigenvalue weighted by Crippen LogP contribution is -2.26. The van der Waals surface area contributed by atoms with Gasteiger partial charge in [0.05, 0.1) is 6.54 Å². The molecule has 2 N–H and O–H groups in total. The first-order valence-electron chi connectivity index (χ1n) is 6.03. The van der Waals surface area contributed by atoms with Crippen LogP contribution < -0.4 is 5.73 Å². The lowest BCUT2D eigenvalue weighted by atomic mass is 10.3. The van der Waals surface area contributed by atoms with Gasteiger partial charge < -0.3 is 10.3 Å². The van der Waals surface area contributed by atoms with Gasteiger partial charge in [-0.15, -0.1) is 0 Å². The fourth-order valence-corrected chi connectivity index (χ4v) is 2.12. The Bertz CT molecular complexity index is 512. The molecule has 1 aliphatic heterocycles. The van der Waals surface area contributed by atoms with E-state index < -0.39 is 0 Å². The monoisotopic (exact) mass is 245 g/mol. The standard InChI is InChI=1S/C12H15N5O/c13-9-4-6-17(7-9)8-11-15-12(16-18-11)10-3-1-2-5-14-10/h1-3,5,9H,4,6-8,13H2/t9-/m0/s1. The highest BCUT2D eigenvalue weighted by Crippen LogP contribution is 2.15. The van der Waals surface area contributed by atoms with Crippen molar-refractivity contribution in [2.75, 3.05) is 13.1 Å². The third-order valence-electron chi connectivity index (χ3n) is 3.03. The zero-order valence-electron chi connectivity index (χ0n) is 9.99. The lowest BCUT2D eigenvalue weighted by Gasteiger charge is -2.10. The summed E-state index contributed by atoms with van der Waals surface area (Å²) in [6, 6.07) is 5.89. The largest absolute Gasteiger partial charge is 0.337 e. The lowest BCUT2D eigenvalue weighted by molar-refractivity contribution is 0.265. The molecule has 1 saturated heterocycles. The molecule has 0 bridgehead atoms. The van der Waals surface area contributed by atoms with Crippen molar-refractivity contribution in [3.05, 3.63) is 30.3 Å². The number of nitrogens with zero attached hydrogens (tertiary/aromatic N) is 4. The minimum absolute atomic E-state index is 0.267. The van der Waals surface area contributed by atoms with Gasteiger partial charge in [0.25, 0.3) is 0 Å². The first-order valence-corrected chi connectivity index (χ1v) is 6.03. The third-order valence-corrected chi connectivity index (χ3v) is 3.03. The molecule has 0 amide bonds. The Morgan fingerprint density at radius 1 is 1.44 bits per heavy atom. The van der Waals surface area contributed by atoms with E-state index in [0.717, 1.165) is 25.2 Å². The van der Waals surface area contributed by atoms with Crippen LogP contribution in [0.1, 0.15) is 12.3 Å². The number of pyridine rings is 1. The highest BCUT2D eigenvalue weighted by molar-refractivity contribution is 5.46. The molecular weight excluding hydrogens is 230 g/mol. The summed E-state index contributed by atoms with van der Waals surface area (Å²) < 4.78 is 5.23. The van der Waals surface area contributed by atoms with Crippen LogP contribution in [0.15, 0.2) is 28.9 Å². The molecule has 18 heavy (non-hydrogen) atoms. The molecule has 6 heteroatoms. The molecule has 1 atom stereocenters. The average Bonchev–Trinajstić information content (AvgIpc) is 3.01. The van der Waals surface area contributed by atoms with Crippen LogP contribution in [0.25, 0.3) is 11.5 Å². The van der Waals surface area contributed by atoms with E-state index in [1.807, 2.05) is 18.2 Å². The Morgan fingerprint density at radius 2 is 2.39 bits per heavy atom. The Kier molecular flexibility index (Phi) is 3.04. The minimum Gasteiger partial charge on any atom is -0.337 e. The number of nitrogens with two attached hydrogens (primary N) is 1. The van der Waals surface area contributed by atoms with Gasteiger partial charge in [0.2, 0.25) is 11.7 Å². The van der Waals surface area contributed by atoms with Crippen LogP contribution in [0, 0.1) is 0 Å².